The normalized spacial score (nSPS) is 17.0. The molecule has 5 heteroatoms. The second kappa shape index (κ2) is 10.4. The van der Waals surface area contributed by atoms with E-state index in [1.54, 1.807) is 4.90 Å². The van der Waals surface area contributed by atoms with Gasteiger partial charge in [-0.1, -0.05) is 42.5 Å². The zero-order chi connectivity index (χ0) is 21.5. The van der Waals surface area contributed by atoms with Crippen LogP contribution in [-0.4, -0.2) is 47.8 Å². The Morgan fingerprint density at radius 2 is 1.77 bits per heavy atom. The lowest BCUT2D eigenvalue weighted by atomic mass is 9.96. The molecular weight excluding hydrogens is 374 g/mol. The summed E-state index contributed by atoms with van der Waals surface area (Å²) in [6.45, 7) is 7.21. The van der Waals surface area contributed by atoms with Crippen LogP contribution < -0.4 is 5.32 Å². The third-order valence-electron chi connectivity index (χ3n) is 5.89. The highest BCUT2D eigenvalue weighted by Gasteiger charge is 2.25. The number of nitrogens with zero attached hydrogens (tertiary/aromatic N) is 2. The van der Waals surface area contributed by atoms with E-state index >= 15 is 0 Å². The molecule has 1 unspecified atom stereocenters. The summed E-state index contributed by atoms with van der Waals surface area (Å²) in [5.41, 5.74) is 2.96. The topological polar surface area (TPSA) is 52.7 Å². The van der Waals surface area contributed by atoms with Crippen molar-refractivity contribution in [2.45, 2.75) is 45.8 Å². The van der Waals surface area contributed by atoms with Crippen LogP contribution in [0.1, 0.15) is 48.2 Å². The lowest BCUT2D eigenvalue weighted by Crippen LogP contribution is -2.42. The van der Waals surface area contributed by atoms with Crippen LogP contribution in [0.5, 0.6) is 0 Å². The van der Waals surface area contributed by atoms with Gasteiger partial charge in [-0.15, -0.1) is 0 Å². The van der Waals surface area contributed by atoms with Crippen LogP contribution >= 0.6 is 0 Å². The number of likely N-dealkylation sites (tertiary alicyclic amines) is 1. The van der Waals surface area contributed by atoms with Gasteiger partial charge in [-0.2, -0.15) is 0 Å². The molecule has 1 aliphatic heterocycles. The molecular formula is C25H33N3O2. The Labute approximate surface area is 180 Å². The molecule has 0 spiro atoms. The number of hydrogen-bond donors (Lipinski definition) is 1. The van der Waals surface area contributed by atoms with E-state index in [2.05, 4.69) is 34.5 Å². The number of nitrogens with one attached hydrogen (secondary N) is 1. The van der Waals surface area contributed by atoms with Crippen molar-refractivity contribution in [3.63, 3.8) is 0 Å². The molecule has 3 rings (SSSR count). The molecule has 1 atom stereocenters. The Bertz CT molecular complexity index is 833. The van der Waals surface area contributed by atoms with Gasteiger partial charge in [0.15, 0.2) is 0 Å². The number of amides is 2. The molecule has 0 saturated carbocycles. The quantitative estimate of drug-likeness (QED) is 0.762. The summed E-state index contributed by atoms with van der Waals surface area (Å²) in [5.74, 6) is 0.164. The number of piperidine rings is 1. The second-order valence-electron chi connectivity index (χ2n) is 8.48. The summed E-state index contributed by atoms with van der Waals surface area (Å²) in [5, 5.41) is 3.08. The minimum Gasteiger partial charge on any atom is -0.352 e. The fourth-order valence-electron chi connectivity index (χ4n) is 3.79. The Balaban J connectivity index is 1.49. The molecule has 5 nitrogen and oxygen atoms in total. The number of hydrogen-bond acceptors (Lipinski definition) is 3. The molecule has 1 saturated heterocycles. The summed E-state index contributed by atoms with van der Waals surface area (Å²) in [6.07, 6.45) is 1.98. The third-order valence-corrected chi connectivity index (χ3v) is 5.89. The maximum Gasteiger partial charge on any atom is 0.253 e. The predicted molar refractivity (Wildman–Crippen MR) is 120 cm³/mol. The van der Waals surface area contributed by atoms with Crippen LogP contribution in [0.15, 0.2) is 54.6 Å². The summed E-state index contributed by atoms with van der Waals surface area (Å²) in [7, 11) is 1.81. The number of carbonyl (C=O) groups is 2. The van der Waals surface area contributed by atoms with Gasteiger partial charge < -0.3 is 10.2 Å². The van der Waals surface area contributed by atoms with E-state index in [4.69, 9.17) is 0 Å². The van der Waals surface area contributed by atoms with Gasteiger partial charge in [0.05, 0.1) is 5.92 Å². The van der Waals surface area contributed by atoms with Gasteiger partial charge in [-0.3, -0.25) is 14.5 Å². The number of benzene rings is 2. The van der Waals surface area contributed by atoms with Crippen molar-refractivity contribution in [1.82, 2.24) is 15.1 Å². The van der Waals surface area contributed by atoms with Gasteiger partial charge >= 0.3 is 0 Å². The highest BCUT2D eigenvalue weighted by molar-refractivity contribution is 5.94. The summed E-state index contributed by atoms with van der Waals surface area (Å²) in [4.78, 5) is 29.2. The SMILES string of the molecule is CC(C)N(C)C(=O)c1ccc(CNC(=O)C2CCCN(Cc3ccccc3)C2)cc1. The van der Waals surface area contributed by atoms with Crippen molar-refractivity contribution < 1.29 is 9.59 Å². The molecule has 0 bridgehead atoms. The van der Waals surface area contributed by atoms with Crippen molar-refractivity contribution in [3.8, 4) is 0 Å². The standard InChI is InChI=1S/C25H33N3O2/c1-19(2)27(3)25(30)22-13-11-20(12-14-22)16-26-24(29)23-10-7-15-28(18-23)17-21-8-5-4-6-9-21/h4-6,8-9,11-14,19,23H,7,10,15-18H2,1-3H3,(H,26,29). The molecule has 2 aromatic carbocycles. The van der Waals surface area contributed by atoms with Gasteiger partial charge in [0.1, 0.15) is 0 Å². The van der Waals surface area contributed by atoms with Crippen LogP contribution in [0.2, 0.25) is 0 Å². The molecule has 0 aromatic heterocycles. The maximum atomic E-state index is 12.7. The van der Waals surface area contributed by atoms with Crippen molar-refractivity contribution in [2.75, 3.05) is 20.1 Å². The van der Waals surface area contributed by atoms with Crippen LogP contribution in [0.25, 0.3) is 0 Å². The van der Waals surface area contributed by atoms with E-state index < -0.39 is 0 Å². The van der Waals surface area contributed by atoms with E-state index in [-0.39, 0.29) is 23.8 Å². The predicted octanol–water partition coefficient (Wildman–Crippen LogP) is 3.70. The van der Waals surface area contributed by atoms with E-state index in [9.17, 15) is 9.59 Å². The highest BCUT2D eigenvalue weighted by Crippen LogP contribution is 2.19. The van der Waals surface area contributed by atoms with Gasteiger partial charge in [0.2, 0.25) is 5.91 Å². The van der Waals surface area contributed by atoms with Gasteiger partial charge in [0.25, 0.3) is 5.91 Å². The van der Waals surface area contributed by atoms with Crippen LogP contribution in [0.3, 0.4) is 0 Å². The van der Waals surface area contributed by atoms with E-state index in [1.807, 2.05) is 51.2 Å². The second-order valence-corrected chi connectivity index (χ2v) is 8.48. The van der Waals surface area contributed by atoms with Crippen molar-refractivity contribution in [3.05, 3.63) is 71.3 Å². The maximum absolute atomic E-state index is 12.7. The zero-order valence-electron chi connectivity index (χ0n) is 18.3. The minimum absolute atomic E-state index is 0.0151. The fraction of sp³-hybridized carbons (Fsp3) is 0.440. The molecule has 2 aromatic rings. The molecule has 160 valence electrons. The largest absolute Gasteiger partial charge is 0.352 e. The van der Waals surface area contributed by atoms with Gasteiger partial charge in [-0.05, 0) is 56.5 Å². The first kappa shape index (κ1) is 22.0. The van der Waals surface area contributed by atoms with Crippen molar-refractivity contribution >= 4 is 11.8 Å². The van der Waals surface area contributed by atoms with Crippen LogP contribution in [0, 0.1) is 5.92 Å². The fourth-order valence-corrected chi connectivity index (χ4v) is 3.79. The number of carbonyl (C=O) groups excluding carboxylic acids is 2. The number of rotatable bonds is 7. The Morgan fingerprint density at radius 3 is 2.43 bits per heavy atom. The highest BCUT2D eigenvalue weighted by atomic mass is 16.2. The average Bonchev–Trinajstić information content (AvgIpc) is 2.77. The van der Waals surface area contributed by atoms with E-state index in [0.717, 1.165) is 38.0 Å². The van der Waals surface area contributed by atoms with Gasteiger partial charge in [0, 0.05) is 38.3 Å². The summed E-state index contributed by atoms with van der Waals surface area (Å²) in [6, 6.07) is 18.1. The monoisotopic (exact) mass is 407 g/mol. The third kappa shape index (κ3) is 5.92. The Morgan fingerprint density at radius 1 is 1.07 bits per heavy atom. The molecule has 1 heterocycles. The molecule has 1 fully saturated rings. The zero-order valence-corrected chi connectivity index (χ0v) is 18.3. The smallest absolute Gasteiger partial charge is 0.253 e. The molecule has 2 amide bonds. The van der Waals surface area contributed by atoms with E-state index in [0.29, 0.717) is 12.1 Å². The molecule has 1 N–H and O–H groups in total. The first-order valence-electron chi connectivity index (χ1n) is 10.8. The molecule has 1 aliphatic rings. The average molecular weight is 408 g/mol. The lowest BCUT2D eigenvalue weighted by molar-refractivity contribution is -0.126. The minimum atomic E-state index is 0.0151. The Hall–Kier alpha value is -2.66. The Kier molecular flexibility index (Phi) is 7.63. The van der Waals surface area contributed by atoms with Crippen LogP contribution in [-0.2, 0) is 17.9 Å². The first-order chi connectivity index (χ1) is 14.4. The van der Waals surface area contributed by atoms with Crippen molar-refractivity contribution in [1.29, 1.82) is 0 Å². The van der Waals surface area contributed by atoms with Crippen LogP contribution in [0.4, 0.5) is 0 Å². The molecule has 0 radical (unpaired) electrons. The lowest BCUT2D eigenvalue weighted by Gasteiger charge is -2.32. The molecule has 0 aliphatic carbocycles. The summed E-state index contributed by atoms with van der Waals surface area (Å²) < 4.78 is 0. The van der Waals surface area contributed by atoms with Gasteiger partial charge in [-0.25, -0.2) is 0 Å². The van der Waals surface area contributed by atoms with E-state index in [1.165, 1.54) is 5.56 Å². The summed E-state index contributed by atoms with van der Waals surface area (Å²) >= 11 is 0. The first-order valence-corrected chi connectivity index (χ1v) is 10.8. The molecule has 30 heavy (non-hydrogen) atoms. The van der Waals surface area contributed by atoms with Crippen molar-refractivity contribution in [2.24, 2.45) is 5.92 Å².